The van der Waals surface area contributed by atoms with Gasteiger partial charge in [-0.15, -0.1) is 0 Å². The van der Waals surface area contributed by atoms with Crippen molar-refractivity contribution in [3.63, 3.8) is 0 Å². The summed E-state index contributed by atoms with van der Waals surface area (Å²) in [6.45, 7) is 5.25. The van der Waals surface area contributed by atoms with Crippen molar-refractivity contribution in [1.82, 2.24) is 25.9 Å². The predicted octanol–water partition coefficient (Wildman–Crippen LogP) is -1.19. The molecule has 0 saturated carbocycles. The summed E-state index contributed by atoms with van der Waals surface area (Å²) in [7, 11) is 0. The van der Waals surface area contributed by atoms with E-state index in [9.17, 15) is 24.3 Å². The van der Waals surface area contributed by atoms with Crippen LogP contribution in [0, 0.1) is 5.92 Å². The van der Waals surface area contributed by atoms with Crippen molar-refractivity contribution in [2.24, 2.45) is 11.7 Å². The van der Waals surface area contributed by atoms with Gasteiger partial charge in [-0.3, -0.25) is 14.4 Å². The normalized spacial score (nSPS) is 15.0. The number of nitrogens with zero attached hydrogens (tertiary/aromatic N) is 1. The Morgan fingerprint density at radius 3 is 2.23 bits per heavy atom. The highest BCUT2D eigenvalue weighted by Crippen LogP contribution is 2.04. The number of carbonyl (C=O) groups excluding carboxylic acids is 3. The van der Waals surface area contributed by atoms with Crippen LogP contribution in [0.4, 0.5) is 0 Å². The van der Waals surface area contributed by atoms with Crippen LogP contribution in [0.3, 0.4) is 0 Å². The number of aliphatic carboxylic acids is 1. The number of carboxylic acid groups (broad SMARTS) is 1. The molecule has 30 heavy (non-hydrogen) atoms. The second kappa shape index (κ2) is 12.2. The number of carbonyl (C=O) groups is 4. The molecule has 0 aliphatic carbocycles. The molecule has 12 heteroatoms. The summed E-state index contributed by atoms with van der Waals surface area (Å²) in [5, 5.41) is 16.7. The van der Waals surface area contributed by atoms with Gasteiger partial charge in [0.2, 0.25) is 17.7 Å². The predicted molar refractivity (Wildman–Crippen MR) is 113 cm³/mol. The maximum atomic E-state index is 12.4. The number of carboxylic acids is 1. The van der Waals surface area contributed by atoms with Crippen molar-refractivity contribution in [3.05, 3.63) is 18.2 Å². The van der Waals surface area contributed by atoms with E-state index in [0.717, 1.165) is 0 Å². The number of imidazole rings is 1. The van der Waals surface area contributed by atoms with E-state index in [-0.39, 0.29) is 18.1 Å². The summed E-state index contributed by atoms with van der Waals surface area (Å²) >= 11 is 4.07. The van der Waals surface area contributed by atoms with Gasteiger partial charge < -0.3 is 31.8 Å². The van der Waals surface area contributed by atoms with E-state index < -0.39 is 47.9 Å². The zero-order valence-electron chi connectivity index (χ0n) is 17.2. The van der Waals surface area contributed by atoms with E-state index in [1.54, 1.807) is 0 Å². The molecule has 0 aromatic carbocycles. The third-order valence-electron chi connectivity index (χ3n) is 4.22. The van der Waals surface area contributed by atoms with E-state index in [4.69, 9.17) is 5.73 Å². The Labute approximate surface area is 180 Å². The molecular formula is C18H30N6O5S. The monoisotopic (exact) mass is 442 g/mol. The molecule has 1 rings (SSSR count). The molecule has 168 valence electrons. The van der Waals surface area contributed by atoms with Gasteiger partial charge in [-0.1, -0.05) is 13.8 Å². The van der Waals surface area contributed by atoms with Gasteiger partial charge in [-0.05, 0) is 19.3 Å². The van der Waals surface area contributed by atoms with Crippen LogP contribution in [-0.4, -0.2) is 68.7 Å². The van der Waals surface area contributed by atoms with Crippen molar-refractivity contribution in [1.29, 1.82) is 0 Å². The number of thiol groups is 1. The molecule has 0 radical (unpaired) electrons. The smallest absolute Gasteiger partial charge is 0.326 e. The van der Waals surface area contributed by atoms with Gasteiger partial charge in [0.1, 0.15) is 18.1 Å². The van der Waals surface area contributed by atoms with Gasteiger partial charge in [-0.2, -0.15) is 12.6 Å². The third kappa shape index (κ3) is 8.41. The molecule has 1 aromatic heterocycles. The summed E-state index contributed by atoms with van der Waals surface area (Å²) < 4.78 is 0. The lowest BCUT2D eigenvalue weighted by Gasteiger charge is -2.23. The number of hydrogen-bond donors (Lipinski definition) is 7. The quantitative estimate of drug-likeness (QED) is 0.199. The van der Waals surface area contributed by atoms with Crippen LogP contribution in [0.15, 0.2) is 12.5 Å². The van der Waals surface area contributed by atoms with Crippen LogP contribution in [0.1, 0.15) is 32.9 Å². The zero-order valence-corrected chi connectivity index (χ0v) is 18.1. The first-order chi connectivity index (χ1) is 14.0. The Morgan fingerprint density at radius 1 is 1.10 bits per heavy atom. The molecule has 0 saturated heterocycles. The lowest BCUT2D eigenvalue weighted by atomic mass is 10.0. The van der Waals surface area contributed by atoms with Gasteiger partial charge in [0.15, 0.2) is 0 Å². The van der Waals surface area contributed by atoms with Gasteiger partial charge in [0.05, 0.1) is 12.4 Å². The first kappa shape index (κ1) is 25.4. The first-order valence-electron chi connectivity index (χ1n) is 9.52. The lowest BCUT2D eigenvalue weighted by Crippen LogP contribution is -2.57. The SMILES string of the molecule is CC(C)CC(N)C(=O)NC(CS)C(=O)NC(C)C(=O)NC(Cc1cnc[nH]1)C(=O)O. The van der Waals surface area contributed by atoms with E-state index in [1.807, 2.05) is 13.8 Å². The fraction of sp³-hybridized carbons (Fsp3) is 0.611. The number of hydrogen-bond acceptors (Lipinski definition) is 7. The highest BCUT2D eigenvalue weighted by Gasteiger charge is 2.28. The second-order valence-corrected chi connectivity index (χ2v) is 7.76. The third-order valence-corrected chi connectivity index (χ3v) is 4.59. The highest BCUT2D eigenvalue weighted by molar-refractivity contribution is 7.80. The number of rotatable bonds is 12. The summed E-state index contributed by atoms with van der Waals surface area (Å²) in [6, 6.07) is -3.99. The Balaban J connectivity index is 2.63. The topological polar surface area (TPSA) is 179 Å². The number of nitrogens with one attached hydrogen (secondary N) is 4. The molecule has 3 amide bonds. The number of H-pyrrole nitrogens is 1. The highest BCUT2D eigenvalue weighted by atomic mass is 32.1. The van der Waals surface area contributed by atoms with Crippen LogP contribution < -0.4 is 21.7 Å². The molecule has 7 N–H and O–H groups in total. The van der Waals surface area contributed by atoms with Crippen LogP contribution in [0.5, 0.6) is 0 Å². The Hall–Kier alpha value is -2.60. The average molecular weight is 443 g/mol. The minimum atomic E-state index is -1.23. The van der Waals surface area contributed by atoms with Crippen LogP contribution in [0.2, 0.25) is 0 Å². The van der Waals surface area contributed by atoms with E-state index >= 15 is 0 Å². The molecule has 4 atom stereocenters. The molecule has 4 unspecified atom stereocenters. The number of nitrogens with two attached hydrogens (primary N) is 1. The molecule has 0 spiro atoms. The van der Waals surface area contributed by atoms with Gasteiger partial charge in [0.25, 0.3) is 0 Å². The number of amides is 3. The van der Waals surface area contributed by atoms with Gasteiger partial charge >= 0.3 is 5.97 Å². The van der Waals surface area contributed by atoms with Crippen molar-refractivity contribution in [3.8, 4) is 0 Å². The molecule has 11 nitrogen and oxygen atoms in total. The molecule has 0 aliphatic heterocycles. The maximum Gasteiger partial charge on any atom is 0.326 e. The molecule has 0 bridgehead atoms. The number of aromatic amines is 1. The summed E-state index contributed by atoms with van der Waals surface area (Å²) in [6.07, 6.45) is 3.32. The first-order valence-corrected chi connectivity index (χ1v) is 10.2. The Bertz CT molecular complexity index is 727. The van der Waals surface area contributed by atoms with Crippen LogP contribution in [0.25, 0.3) is 0 Å². The zero-order chi connectivity index (χ0) is 22.8. The van der Waals surface area contributed by atoms with E-state index in [1.165, 1.54) is 19.4 Å². The largest absolute Gasteiger partial charge is 0.480 e. The van der Waals surface area contributed by atoms with Gasteiger partial charge in [0, 0.05) is 24.1 Å². The van der Waals surface area contributed by atoms with Crippen molar-refractivity contribution in [2.45, 2.75) is 57.8 Å². The summed E-state index contributed by atoms with van der Waals surface area (Å²) in [5.41, 5.74) is 6.35. The van der Waals surface area contributed by atoms with Crippen molar-refractivity contribution in [2.75, 3.05) is 5.75 Å². The minimum absolute atomic E-state index is 0.00210. The molecule has 0 fully saturated rings. The van der Waals surface area contributed by atoms with Crippen molar-refractivity contribution < 1.29 is 24.3 Å². The summed E-state index contributed by atoms with van der Waals surface area (Å²) in [4.78, 5) is 54.9. The minimum Gasteiger partial charge on any atom is -0.480 e. The molecule has 1 heterocycles. The Kier molecular flexibility index (Phi) is 10.3. The van der Waals surface area contributed by atoms with E-state index in [0.29, 0.717) is 12.1 Å². The summed E-state index contributed by atoms with van der Waals surface area (Å²) in [5.74, 6) is -2.81. The molecule has 0 aliphatic rings. The lowest BCUT2D eigenvalue weighted by molar-refractivity contribution is -0.142. The molecule has 1 aromatic rings. The average Bonchev–Trinajstić information content (AvgIpc) is 3.17. The molecular weight excluding hydrogens is 412 g/mol. The fourth-order valence-electron chi connectivity index (χ4n) is 2.58. The number of aromatic nitrogens is 2. The van der Waals surface area contributed by atoms with Crippen LogP contribution in [-0.2, 0) is 25.6 Å². The maximum absolute atomic E-state index is 12.4. The van der Waals surface area contributed by atoms with E-state index in [2.05, 4.69) is 38.5 Å². The van der Waals surface area contributed by atoms with Crippen molar-refractivity contribution >= 4 is 36.3 Å². The Morgan fingerprint density at radius 2 is 1.73 bits per heavy atom. The second-order valence-electron chi connectivity index (χ2n) is 7.39. The van der Waals surface area contributed by atoms with Gasteiger partial charge in [-0.25, -0.2) is 9.78 Å². The fourth-order valence-corrected chi connectivity index (χ4v) is 2.84. The standard InChI is InChI=1S/C18H30N6O5S/c1-9(2)4-12(19)16(26)24-14(7-30)17(27)22-10(3)15(25)23-13(18(28)29)5-11-6-20-8-21-11/h6,8-10,12-14,30H,4-5,7,19H2,1-3H3,(H,20,21)(H,22,27)(H,23,25)(H,24,26)(H,28,29). The van der Waals surface area contributed by atoms with Crippen LogP contribution >= 0.6 is 12.6 Å².